The molecule has 0 bridgehead atoms. The van der Waals surface area contributed by atoms with Gasteiger partial charge in [-0.1, -0.05) is 17.8 Å². The van der Waals surface area contributed by atoms with Crippen molar-refractivity contribution in [2.24, 2.45) is 0 Å². The van der Waals surface area contributed by atoms with Gasteiger partial charge in [-0.2, -0.15) is 0 Å². The molecule has 0 aliphatic rings. The van der Waals surface area contributed by atoms with Crippen LogP contribution in [0.15, 0.2) is 35.5 Å². The van der Waals surface area contributed by atoms with Gasteiger partial charge in [-0.05, 0) is 23.6 Å². The molecule has 1 aromatic carbocycles. The summed E-state index contributed by atoms with van der Waals surface area (Å²) in [6.07, 6.45) is 1.68. The Kier molecular flexibility index (Phi) is 3.49. The van der Waals surface area contributed by atoms with Gasteiger partial charge in [0.2, 0.25) is 0 Å². The summed E-state index contributed by atoms with van der Waals surface area (Å²) < 4.78 is 5.15. The summed E-state index contributed by atoms with van der Waals surface area (Å²) in [6.45, 7) is 0. The molecule has 1 heterocycles. The Balaban J connectivity index is 2.43. The smallest absolute Gasteiger partial charge is 0.313 e. The molecule has 1 aromatic heterocycles. The fourth-order valence-electron chi connectivity index (χ4n) is 1.49. The topological polar surface area (TPSA) is 59.4 Å². The van der Waals surface area contributed by atoms with Crippen LogP contribution in [0.1, 0.15) is 0 Å². The van der Waals surface area contributed by atoms with E-state index in [1.807, 2.05) is 24.3 Å². The van der Waals surface area contributed by atoms with E-state index in [4.69, 9.17) is 9.84 Å². The number of thioether (sulfide) groups is 1. The van der Waals surface area contributed by atoms with Crippen molar-refractivity contribution in [3.05, 3.63) is 30.5 Å². The average Bonchev–Trinajstić information content (AvgIpc) is 2.35. The lowest BCUT2D eigenvalue weighted by molar-refractivity contribution is -0.133. The van der Waals surface area contributed by atoms with E-state index in [0.717, 1.165) is 16.5 Å². The Labute approximate surface area is 103 Å². The van der Waals surface area contributed by atoms with Crippen molar-refractivity contribution in [1.29, 1.82) is 0 Å². The maximum absolute atomic E-state index is 10.6. The fourth-order valence-corrected chi connectivity index (χ4v) is 2.22. The molecule has 0 radical (unpaired) electrons. The first kappa shape index (κ1) is 11.7. The standard InChI is InChI=1S/C12H11NO3S/c1-16-9-3-2-8-4-5-13-12(10(8)6-9)17-7-11(14)15/h2-6H,7H2,1H3,(H,14,15). The minimum absolute atomic E-state index is 0.00330. The van der Waals surface area contributed by atoms with E-state index in [0.29, 0.717) is 5.03 Å². The summed E-state index contributed by atoms with van der Waals surface area (Å²) in [4.78, 5) is 14.8. The van der Waals surface area contributed by atoms with Crippen LogP contribution in [0.3, 0.4) is 0 Å². The van der Waals surface area contributed by atoms with E-state index in [9.17, 15) is 4.79 Å². The number of benzene rings is 1. The first-order chi connectivity index (χ1) is 8.20. The Bertz CT molecular complexity index is 556. The molecule has 17 heavy (non-hydrogen) atoms. The number of carbonyl (C=O) groups is 1. The van der Waals surface area contributed by atoms with Crippen molar-refractivity contribution in [3.8, 4) is 5.75 Å². The van der Waals surface area contributed by atoms with Crippen LogP contribution in [0.25, 0.3) is 10.8 Å². The second kappa shape index (κ2) is 5.05. The van der Waals surface area contributed by atoms with Crippen LogP contribution in [0.2, 0.25) is 0 Å². The predicted molar refractivity (Wildman–Crippen MR) is 66.7 cm³/mol. The number of aliphatic carboxylic acids is 1. The molecule has 2 aromatic rings. The van der Waals surface area contributed by atoms with E-state index >= 15 is 0 Å². The number of fused-ring (bicyclic) bond motifs is 1. The van der Waals surface area contributed by atoms with Gasteiger partial charge in [0, 0.05) is 11.6 Å². The number of carboxylic acids is 1. The third kappa shape index (κ3) is 2.68. The van der Waals surface area contributed by atoms with Crippen molar-refractivity contribution in [2.45, 2.75) is 5.03 Å². The second-order valence-electron chi connectivity index (χ2n) is 3.39. The molecular formula is C12H11NO3S. The molecule has 0 fully saturated rings. The average molecular weight is 249 g/mol. The van der Waals surface area contributed by atoms with Crippen LogP contribution < -0.4 is 4.74 Å². The van der Waals surface area contributed by atoms with Gasteiger partial charge in [0.25, 0.3) is 0 Å². The van der Waals surface area contributed by atoms with Gasteiger partial charge < -0.3 is 9.84 Å². The summed E-state index contributed by atoms with van der Waals surface area (Å²) in [5.41, 5.74) is 0. The van der Waals surface area contributed by atoms with Crippen molar-refractivity contribution < 1.29 is 14.6 Å². The van der Waals surface area contributed by atoms with E-state index < -0.39 is 5.97 Å². The van der Waals surface area contributed by atoms with Crippen LogP contribution >= 0.6 is 11.8 Å². The van der Waals surface area contributed by atoms with E-state index in [2.05, 4.69) is 4.98 Å². The summed E-state index contributed by atoms with van der Waals surface area (Å²) >= 11 is 1.21. The lowest BCUT2D eigenvalue weighted by Crippen LogP contribution is -1.98. The van der Waals surface area contributed by atoms with Gasteiger partial charge in [0.05, 0.1) is 12.9 Å². The van der Waals surface area contributed by atoms with Crippen molar-refractivity contribution in [3.63, 3.8) is 0 Å². The molecule has 0 saturated carbocycles. The normalized spacial score (nSPS) is 10.4. The molecule has 2 rings (SSSR count). The summed E-state index contributed by atoms with van der Waals surface area (Å²) in [6, 6.07) is 7.56. The molecule has 0 unspecified atom stereocenters. The first-order valence-corrected chi connectivity index (χ1v) is 5.96. The van der Waals surface area contributed by atoms with Crippen LogP contribution in [-0.4, -0.2) is 28.9 Å². The maximum atomic E-state index is 10.6. The van der Waals surface area contributed by atoms with Gasteiger partial charge in [0.15, 0.2) is 0 Å². The highest BCUT2D eigenvalue weighted by Crippen LogP contribution is 2.28. The van der Waals surface area contributed by atoms with Crippen LogP contribution in [0, 0.1) is 0 Å². The molecule has 88 valence electrons. The Morgan fingerprint density at radius 3 is 3.00 bits per heavy atom. The molecule has 4 nitrogen and oxygen atoms in total. The molecule has 0 aliphatic carbocycles. The molecule has 0 saturated heterocycles. The highest BCUT2D eigenvalue weighted by atomic mass is 32.2. The predicted octanol–water partition coefficient (Wildman–Crippen LogP) is 2.42. The Morgan fingerprint density at radius 2 is 2.29 bits per heavy atom. The van der Waals surface area contributed by atoms with Crippen LogP contribution in [0.4, 0.5) is 0 Å². The zero-order chi connectivity index (χ0) is 12.3. The number of aromatic nitrogens is 1. The lowest BCUT2D eigenvalue weighted by Gasteiger charge is -2.06. The van der Waals surface area contributed by atoms with Crippen LogP contribution in [0.5, 0.6) is 5.75 Å². The van der Waals surface area contributed by atoms with Crippen molar-refractivity contribution >= 4 is 28.5 Å². The third-order valence-corrected chi connectivity index (χ3v) is 3.26. The number of ether oxygens (including phenoxy) is 1. The molecule has 0 spiro atoms. The maximum Gasteiger partial charge on any atom is 0.313 e. The van der Waals surface area contributed by atoms with Gasteiger partial charge >= 0.3 is 5.97 Å². The number of methoxy groups -OCH3 is 1. The minimum atomic E-state index is -0.850. The largest absolute Gasteiger partial charge is 0.497 e. The van der Waals surface area contributed by atoms with E-state index in [1.165, 1.54) is 11.8 Å². The molecule has 0 amide bonds. The Morgan fingerprint density at radius 1 is 1.47 bits per heavy atom. The van der Waals surface area contributed by atoms with E-state index in [-0.39, 0.29) is 5.75 Å². The zero-order valence-electron chi connectivity index (χ0n) is 9.21. The molecular weight excluding hydrogens is 238 g/mol. The molecule has 0 aliphatic heterocycles. The summed E-state index contributed by atoms with van der Waals surface area (Å²) in [5, 5.41) is 11.3. The monoisotopic (exact) mass is 249 g/mol. The number of carboxylic acid groups (broad SMARTS) is 1. The van der Waals surface area contributed by atoms with Crippen molar-refractivity contribution in [2.75, 3.05) is 12.9 Å². The van der Waals surface area contributed by atoms with Gasteiger partial charge in [0.1, 0.15) is 10.8 Å². The van der Waals surface area contributed by atoms with Crippen LogP contribution in [-0.2, 0) is 4.79 Å². The third-order valence-electron chi connectivity index (χ3n) is 2.27. The summed E-state index contributed by atoms with van der Waals surface area (Å²) in [7, 11) is 1.60. The van der Waals surface area contributed by atoms with Gasteiger partial charge in [-0.3, -0.25) is 4.79 Å². The van der Waals surface area contributed by atoms with E-state index in [1.54, 1.807) is 13.3 Å². The number of nitrogens with zero attached hydrogens (tertiary/aromatic N) is 1. The number of hydrogen-bond acceptors (Lipinski definition) is 4. The van der Waals surface area contributed by atoms with Crippen molar-refractivity contribution in [1.82, 2.24) is 4.98 Å². The Hall–Kier alpha value is -1.75. The number of hydrogen-bond donors (Lipinski definition) is 1. The number of pyridine rings is 1. The molecule has 0 atom stereocenters. The van der Waals surface area contributed by atoms with Gasteiger partial charge in [-0.15, -0.1) is 0 Å². The fraction of sp³-hybridized carbons (Fsp3) is 0.167. The van der Waals surface area contributed by atoms with Gasteiger partial charge in [-0.25, -0.2) is 4.98 Å². The highest BCUT2D eigenvalue weighted by molar-refractivity contribution is 8.00. The number of rotatable bonds is 4. The molecule has 1 N–H and O–H groups in total. The zero-order valence-corrected chi connectivity index (χ0v) is 10.0. The minimum Gasteiger partial charge on any atom is -0.497 e. The highest BCUT2D eigenvalue weighted by Gasteiger charge is 2.06. The summed E-state index contributed by atoms with van der Waals surface area (Å²) in [5.74, 6) is -0.108. The lowest BCUT2D eigenvalue weighted by atomic mass is 10.2. The first-order valence-electron chi connectivity index (χ1n) is 4.98. The second-order valence-corrected chi connectivity index (χ2v) is 4.35. The SMILES string of the molecule is COc1ccc2ccnc(SCC(=O)O)c2c1. The molecule has 5 heteroatoms. The quantitative estimate of drug-likeness (QED) is 0.843.